The summed E-state index contributed by atoms with van der Waals surface area (Å²) in [5.74, 6) is -0.466. The number of carbonyl (C=O) groups excluding carboxylic acids is 2. The van der Waals surface area contributed by atoms with E-state index in [-0.39, 0.29) is 25.0 Å². The van der Waals surface area contributed by atoms with E-state index in [1.54, 1.807) is 12.1 Å². The van der Waals surface area contributed by atoms with Gasteiger partial charge in [-0.1, -0.05) is 41.5 Å². The minimum absolute atomic E-state index is 0.0250. The maximum absolute atomic E-state index is 12.1. The van der Waals surface area contributed by atoms with Crippen molar-refractivity contribution in [2.45, 2.75) is 26.9 Å². The molecule has 0 saturated heterocycles. The highest BCUT2D eigenvalue weighted by atomic mass is 16.3. The van der Waals surface area contributed by atoms with Crippen molar-refractivity contribution in [2.75, 3.05) is 13.1 Å². The van der Waals surface area contributed by atoms with Gasteiger partial charge < -0.3 is 15.7 Å². The van der Waals surface area contributed by atoms with Crippen molar-refractivity contribution in [3.8, 4) is 0 Å². The average molecular weight is 340 g/mol. The summed E-state index contributed by atoms with van der Waals surface area (Å²) in [6.45, 7) is 4.34. The molecule has 0 spiro atoms. The van der Waals surface area contributed by atoms with Crippen molar-refractivity contribution in [2.24, 2.45) is 0 Å². The molecule has 132 valence electrons. The number of aliphatic hydroxyl groups is 1. The van der Waals surface area contributed by atoms with Crippen molar-refractivity contribution in [1.29, 1.82) is 0 Å². The number of aryl methyl sites for hydroxylation is 2. The molecule has 0 saturated carbocycles. The fourth-order valence-electron chi connectivity index (χ4n) is 2.59. The Hall–Kier alpha value is -2.66. The molecule has 2 aromatic rings. The first-order valence-corrected chi connectivity index (χ1v) is 8.30. The Labute approximate surface area is 148 Å². The van der Waals surface area contributed by atoms with E-state index in [4.69, 9.17) is 5.11 Å². The summed E-state index contributed by atoms with van der Waals surface area (Å²) in [7, 11) is 0. The molecule has 0 bridgehead atoms. The number of hydrogen-bond donors (Lipinski definition) is 3. The van der Waals surface area contributed by atoms with Crippen LogP contribution in [-0.4, -0.2) is 30.0 Å². The number of benzene rings is 2. The molecule has 0 fully saturated rings. The van der Waals surface area contributed by atoms with E-state index >= 15 is 0 Å². The number of hydrogen-bond acceptors (Lipinski definition) is 3. The molecule has 0 heterocycles. The largest absolute Gasteiger partial charge is 0.392 e. The lowest BCUT2D eigenvalue weighted by molar-refractivity contribution is -0.120. The highest BCUT2D eigenvalue weighted by Crippen LogP contribution is 2.08. The lowest BCUT2D eigenvalue weighted by Crippen LogP contribution is -2.37. The van der Waals surface area contributed by atoms with E-state index in [1.165, 1.54) is 0 Å². The van der Waals surface area contributed by atoms with Crippen LogP contribution < -0.4 is 10.6 Å². The van der Waals surface area contributed by atoms with E-state index in [0.29, 0.717) is 18.5 Å². The number of rotatable bonds is 7. The molecule has 0 atom stereocenters. The summed E-state index contributed by atoms with van der Waals surface area (Å²) < 4.78 is 0. The summed E-state index contributed by atoms with van der Waals surface area (Å²) in [5, 5.41) is 14.4. The van der Waals surface area contributed by atoms with Crippen LogP contribution in [0.1, 0.15) is 32.6 Å². The highest BCUT2D eigenvalue weighted by molar-refractivity contribution is 5.96. The maximum Gasteiger partial charge on any atom is 0.251 e. The van der Waals surface area contributed by atoms with Gasteiger partial charge in [0.15, 0.2) is 0 Å². The standard InChI is InChI=1S/C20H24N2O3/c1-14-9-15(2)11-18(10-14)20(25)22-12-19(24)21-8-7-16-3-5-17(13-23)6-4-16/h3-6,9-11,23H,7-8,12-13H2,1-2H3,(H,21,24)(H,22,25). The van der Waals surface area contributed by atoms with Crippen LogP contribution in [0.5, 0.6) is 0 Å². The Balaban J connectivity index is 1.73. The van der Waals surface area contributed by atoms with Crippen molar-refractivity contribution >= 4 is 11.8 Å². The van der Waals surface area contributed by atoms with Gasteiger partial charge >= 0.3 is 0 Å². The van der Waals surface area contributed by atoms with Crippen LogP contribution in [0.25, 0.3) is 0 Å². The van der Waals surface area contributed by atoms with E-state index in [0.717, 1.165) is 22.3 Å². The third kappa shape index (κ3) is 6.04. The Kier molecular flexibility index (Phi) is 6.71. The third-order valence-corrected chi connectivity index (χ3v) is 3.83. The van der Waals surface area contributed by atoms with Crippen molar-refractivity contribution in [3.05, 3.63) is 70.3 Å². The Morgan fingerprint density at radius 3 is 2.12 bits per heavy atom. The van der Waals surface area contributed by atoms with Gasteiger partial charge in [-0.15, -0.1) is 0 Å². The topological polar surface area (TPSA) is 78.4 Å². The monoisotopic (exact) mass is 340 g/mol. The normalized spacial score (nSPS) is 10.4. The molecule has 2 rings (SSSR count). The molecule has 25 heavy (non-hydrogen) atoms. The molecular weight excluding hydrogens is 316 g/mol. The average Bonchev–Trinajstić information content (AvgIpc) is 2.59. The number of nitrogens with one attached hydrogen (secondary N) is 2. The number of amides is 2. The predicted molar refractivity (Wildman–Crippen MR) is 97.3 cm³/mol. The van der Waals surface area contributed by atoms with Crippen LogP contribution in [0.2, 0.25) is 0 Å². The fraction of sp³-hybridized carbons (Fsp3) is 0.300. The zero-order chi connectivity index (χ0) is 18.2. The molecule has 0 unspecified atom stereocenters. The van der Waals surface area contributed by atoms with Gasteiger partial charge in [0, 0.05) is 12.1 Å². The summed E-state index contributed by atoms with van der Waals surface area (Å²) in [6.07, 6.45) is 0.697. The second-order valence-corrected chi connectivity index (χ2v) is 6.13. The van der Waals surface area contributed by atoms with Crippen LogP contribution in [0.15, 0.2) is 42.5 Å². The molecule has 0 aromatic heterocycles. The number of carbonyl (C=O) groups is 2. The van der Waals surface area contributed by atoms with Gasteiger partial charge in [-0.3, -0.25) is 9.59 Å². The van der Waals surface area contributed by atoms with Crippen molar-refractivity contribution in [3.63, 3.8) is 0 Å². The van der Waals surface area contributed by atoms with Gasteiger partial charge in [0.05, 0.1) is 13.2 Å². The molecule has 0 aliphatic carbocycles. The molecule has 3 N–H and O–H groups in total. The van der Waals surface area contributed by atoms with Crippen LogP contribution in [0, 0.1) is 13.8 Å². The van der Waals surface area contributed by atoms with E-state index < -0.39 is 0 Å². The second kappa shape index (κ2) is 8.99. The van der Waals surface area contributed by atoms with Crippen LogP contribution in [0.4, 0.5) is 0 Å². The Morgan fingerprint density at radius 1 is 0.920 bits per heavy atom. The predicted octanol–water partition coefficient (Wildman–Crippen LogP) is 1.88. The highest BCUT2D eigenvalue weighted by Gasteiger charge is 2.08. The van der Waals surface area contributed by atoms with Gasteiger partial charge in [0.1, 0.15) is 0 Å². The molecule has 0 radical (unpaired) electrons. The van der Waals surface area contributed by atoms with Crippen molar-refractivity contribution in [1.82, 2.24) is 10.6 Å². The van der Waals surface area contributed by atoms with E-state index in [9.17, 15) is 9.59 Å². The summed E-state index contributed by atoms with van der Waals surface area (Å²) in [5.41, 5.74) is 4.54. The van der Waals surface area contributed by atoms with Crippen LogP contribution >= 0.6 is 0 Å². The first-order valence-electron chi connectivity index (χ1n) is 8.30. The van der Waals surface area contributed by atoms with Crippen LogP contribution in [-0.2, 0) is 17.8 Å². The zero-order valence-electron chi connectivity index (χ0n) is 14.6. The van der Waals surface area contributed by atoms with Crippen LogP contribution in [0.3, 0.4) is 0 Å². The Bertz CT molecular complexity index is 719. The molecule has 2 aromatic carbocycles. The summed E-state index contributed by atoms with van der Waals surface area (Å²) in [6, 6.07) is 13.2. The fourth-order valence-corrected chi connectivity index (χ4v) is 2.59. The second-order valence-electron chi connectivity index (χ2n) is 6.13. The lowest BCUT2D eigenvalue weighted by atomic mass is 10.1. The van der Waals surface area contributed by atoms with Crippen molar-refractivity contribution < 1.29 is 14.7 Å². The van der Waals surface area contributed by atoms with Gasteiger partial charge in [-0.2, -0.15) is 0 Å². The SMILES string of the molecule is Cc1cc(C)cc(C(=O)NCC(=O)NCCc2ccc(CO)cc2)c1. The molecule has 5 nitrogen and oxygen atoms in total. The molecule has 5 heteroatoms. The van der Waals surface area contributed by atoms with Gasteiger partial charge in [0.2, 0.25) is 5.91 Å². The van der Waals surface area contributed by atoms with Gasteiger partial charge in [-0.05, 0) is 43.5 Å². The van der Waals surface area contributed by atoms with Gasteiger partial charge in [-0.25, -0.2) is 0 Å². The first kappa shape index (κ1) is 18.7. The molecular formula is C20H24N2O3. The molecule has 0 aliphatic heterocycles. The van der Waals surface area contributed by atoms with E-state index in [1.807, 2.05) is 44.2 Å². The minimum Gasteiger partial charge on any atom is -0.392 e. The quantitative estimate of drug-likeness (QED) is 0.720. The molecule has 2 amide bonds. The Morgan fingerprint density at radius 2 is 1.52 bits per heavy atom. The van der Waals surface area contributed by atoms with Gasteiger partial charge in [0.25, 0.3) is 5.91 Å². The summed E-state index contributed by atoms with van der Waals surface area (Å²) in [4.78, 5) is 23.9. The number of aliphatic hydroxyl groups excluding tert-OH is 1. The lowest BCUT2D eigenvalue weighted by Gasteiger charge is -2.08. The van der Waals surface area contributed by atoms with E-state index in [2.05, 4.69) is 10.6 Å². The maximum atomic E-state index is 12.1. The molecule has 0 aliphatic rings. The zero-order valence-corrected chi connectivity index (χ0v) is 14.6. The third-order valence-electron chi connectivity index (χ3n) is 3.83. The smallest absolute Gasteiger partial charge is 0.251 e. The summed E-state index contributed by atoms with van der Waals surface area (Å²) >= 11 is 0. The first-order chi connectivity index (χ1) is 12.0. The minimum atomic E-state index is -0.249.